The number of carbonyl (C=O) groups is 2. The number of esters is 1. The van der Waals surface area contributed by atoms with Crippen molar-refractivity contribution in [3.8, 4) is 0 Å². The zero-order chi connectivity index (χ0) is 21.8. The topological polar surface area (TPSA) is 94.3 Å². The standard InChI is InChI=1S/C22H19N3O4S2/c1-13-14(2)30-20-19(13)21(25-12-24-20)31-17-8-4-3-7-16(17)22(27)29-11-18(26)23-10-15-6-5-9-28-15/h3-9,12H,10-11H2,1-2H3,(H,23,26). The molecule has 1 amide bonds. The lowest BCUT2D eigenvalue weighted by molar-refractivity contribution is -0.124. The van der Waals surface area contributed by atoms with Crippen molar-refractivity contribution in [3.05, 3.63) is 70.8 Å². The predicted octanol–water partition coefficient (Wildman–Crippen LogP) is 4.53. The van der Waals surface area contributed by atoms with Crippen LogP contribution in [-0.2, 0) is 16.1 Å². The summed E-state index contributed by atoms with van der Waals surface area (Å²) in [6.45, 7) is 3.96. The van der Waals surface area contributed by atoms with Crippen LogP contribution in [0.3, 0.4) is 0 Å². The highest BCUT2D eigenvalue weighted by Gasteiger charge is 2.18. The molecule has 1 N–H and O–H groups in total. The van der Waals surface area contributed by atoms with E-state index in [2.05, 4.69) is 22.2 Å². The molecule has 0 atom stereocenters. The average Bonchev–Trinajstić information content (AvgIpc) is 3.39. The van der Waals surface area contributed by atoms with E-state index in [0.29, 0.717) is 16.2 Å². The Hall–Kier alpha value is -3.17. The van der Waals surface area contributed by atoms with E-state index in [-0.39, 0.29) is 13.2 Å². The Balaban J connectivity index is 1.46. The molecule has 0 bridgehead atoms. The number of benzene rings is 1. The molecule has 4 aromatic rings. The fourth-order valence-electron chi connectivity index (χ4n) is 2.91. The minimum atomic E-state index is -0.570. The molecular formula is C22H19N3O4S2. The second kappa shape index (κ2) is 9.32. The van der Waals surface area contributed by atoms with Crippen molar-refractivity contribution < 1.29 is 18.7 Å². The molecule has 0 radical (unpaired) electrons. The van der Waals surface area contributed by atoms with Crippen molar-refractivity contribution >= 4 is 45.2 Å². The number of rotatable bonds is 7. The fraction of sp³-hybridized carbons (Fsp3) is 0.182. The van der Waals surface area contributed by atoms with Crippen LogP contribution in [0.1, 0.15) is 26.6 Å². The van der Waals surface area contributed by atoms with E-state index in [1.165, 1.54) is 29.2 Å². The van der Waals surface area contributed by atoms with Crippen molar-refractivity contribution in [1.82, 2.24) is 15.3 Å². The Morgan fingerprint density at radius 3 is 2.81 bits per heavy atom. The quantitative estimate of drug-likeness (QED) is 0.325. The molecule has 158 valence electrons. The van der Waals surface area contributed by atoms with Crippen molar-refractivity contribution in [1.29, 1.82) is 0 Å². The molecule has 31 heavy (non-hydrogen) atoms. The molecule has 3 aromatic heterocycles. The van der Waals surface area contributed by atoms with Gasteiger partial charge in [-0.3, -0.25) is 4.79 Å². The van der Waals surface area contributed by atoms with Crippen LogP contribution in [0.15, 0.2) is 63.3 Å². The lowest BCUT2D eigenvalue weighted by atomic mass is 10.2. The van der Waals surface area contributed by atoms with Crippen molar-refractivity contribution in [2.24, 2.45) is 0 Å². The van der Waals surface area contributed by atoms with Gasteiger partial charge in [-0.15, -0.1) is 11.3 Å². The highest BCUT2D eigenvalue weighted by atomic mass is 32.2. The van der Waals surface area contributed by atoms with E-state index in [9.17, 15) is 9.59 Å². The molecule has 1 aromatic carbocycles. The van der Waals surface area contributed by atoms with E-state index in [4.69, 9.17) is 9.15 Å². The summed E-state index contributed by atoms with van der Waals surface area (Å²) in [5, 5.41) is 4.42. The van der Waals surface area contributed by atoms with Crippen LogP contribution in [0.4, 0.5) is 0 Å². The summed E-state index contributed by atoms with van der Waals surface area (Å²) >= 11 is 3.01. The van der Waals surface area contributed by atoms with Gasteiger partial charge < -0.3 is 14.5 Å². The Kier molecular flexibility index (Phi) is 6.34. The lowest BCUT2D eigenvalue weighted by Gasteiger charge is -2.10. The molecule has 0 unspecified atom stereocenters. The molecule has 0 aliphatic rings. The van der Waals surface area contributed by atoms with E-state index in [1.54, 1.807) is 35.6 Å². The monoisotopic (exact) mass is 453 g/mol. The number of thiophene rings is 1. The summed E-state index contributed by atoms with van der Waals surface area (Å²) < 4.78 is 10.4. The van der Waals surface area contributed by atoms with Gasteiger partial charge >= 0.3 is 5.97 Å². The minimum absolute atomic E-state index is 0.235. The van der Waals surface area contributed by atoms with E-state index in [1.807, 2.05) is 19.1 Å². The number of amides is 1. The number of aryl methyl sites for hydroxylation is 2. The third kappa shape index (κ3) is 4.78. The maximum atomic E-state index is 12.7. The molecular weight excluding hydrogens is 434 g/mol. The van der Waals surface area contributed by atoms with Gasteiger partial charge in [0.2, 0.25) is 0 Å². The van der Waals surface area contributed by atoms with Gasteiger partial charge in [0.15, 0.2) is 6.61 Å². The number of carbonyl (C=O) groups excluding carboxylic acids is 2. The second-order valence-corrected chi connectivity index (χ2v) is 8.91. The van der Waals surface area contributed by atoms with E-state index >= 15 is 0 Å². The first-order valence-corrected chi connectivity index (χ1v) is 11.1. The molecule has 0 spiro atoms. The summed E-state index contributed by atoms with van der Waals surface area (Å²) in [7, 11) is 0. The summed E-state index contributed by atoms with van der Waals surface area (Å²) in [4.78, 5) is 36.2. The Labute approximate surface area is 186 Å². The number of fused-ring (bicyclic) bond motifs is 1. The SMILES string of the molecule is Cc1sc2ncnc(Sc3ccccc3C(=O)OCC(=O)NCc3ccco3)c2c1C. The highest BCUT2D eigenvalue weighted by Crippen LogP contribution is 2.38. The summed E-state index contributed by atoms with van der Waals surface area (Å²) in [6, 6.07) is 10.6. The van der Waals surface area contributed by atoms with Crippen molar-refractivity contribution in [2.45, 2.75) is 30.3 Å². The molecule has 3 heterocycles. The molecule has 7 nitrogen and oxygen atoms in total. The van der Waals surface area contributed by atoms with Gasteiger partial charge in [-0.05, 0) is 43.7 Å². The number of hydrogen-bond donors (Lipinski definition) is 1. The van der Waals surface area contributed by atoms with Crippen molar-refractivity contribution in [3.63, 3.8) is 0 Å². The van der Waals surface area contributed by atoms with Crippen LogP contribution in [0.2, 0.25) is 0 Å². The maximum absolute atomic E-state index is 12.7. The largest absolute Gasteiger partial charge is 0.467 e. The third-order valence-corrected chi connectivity index (χ3v) is 6.81. The van der Waals surface area contributed by atoms with Crippen LogP contribution in [-0.4, -0.2) is 28.5 Å². The molecule has 0 aliphatic heterocycles. The number of ether oxygens (including phenoxy) is 1. The number of hydrogen-bond acceptors (Lipinski definition) is 8. The first kappa shape index (κ1) is 21.1. The van der Waals surface area contributed by atoms with E-state index in [0.717, 1.165) is 20.8 Å². The fourth-order valence-corrected chi connectivity index (χ4v) is 5.04. The number of nitrogens with one attached hydrogen (secondary N) is 1. The van der Waals surface area contributed by atoms with Crippen LogP contribution < -0.4 is 5.32 Å². The number of furan rings is 1. The van der Waals surface area contributed by atoms with Gasteiger partial charge in [-0.1, -0.05) is 23.9 Å². The highest BCUT2D eigenvalue weighted by molar-refractivity contribution is 7.99. The zero-order valence-corrected chi connectivity index (χ0v) is 18.5. The first-order chi connectivity index (χ1) is 15.0. The van der Waals surface area contributed by atoms with Crippen LogP contribution in [0.5, 0.6) is 0 Å². The zero-order valence-electron chi connectivity index (χ0n) is 16.9. The molecule has 0 saturated heterocycles. The maximum Gasteiger partial charge on any atom is 0.339 e. The second-order valence-electron chi connectivity index (χ2n) is 6.67. The summed E-state index contributed by atoms with van der Waals surface area (Å²) in [5.41, 5.74) is 1.51. The van der Waals surface area contributed by atoms with Gasteiger partial charge in [0, 0.05) is 15.2 Å². The van der Waals surface area contributed by atoms with Gasteiger partial charge in [0.1, 0.15) is 21.9 Å². The summed E-state index contributed by atoms with van der Waals surface area (Å²) in [5.74, 6) is -0.354. The smallest absolute Gasteiger partial charge is 0.339 e. The first-order valence-electron chi connectivity index (χ1n) is 9.46. The van der Waals surface area contributed by atoms with Gasteiger partial charge in [0.05, 0.1) is 18.4 Å². The Morgan fingerprint density at radius 1 is 1.16 bits per heavy atom. The lowest BCUT2D eigenvalue weighted by Crippen LogP contribution is -2.28. The number of aromatic nitrogens is 2. The van der Waals surface area contributed by atoms with Crippen molar-refractivity contribution in [2.75, 3.05) is 6.61 Å². The van der Waals surface area contributed by atoms with Gasteiger partial charge in [0.25, 0.3) is 5.91 Å². The average molecular weight is 454 g/mol. The molecule has 9 heteroatoms. The molecule has 0 fully saturated rings. The predicted molar refractivity (Wildman–Crippen MR) is 118 cm³/mol. The molecule has 4 rings (SSSR count). The molecule has 0 aliphatic carbocycles. The normalized spacial score (nSPS) is 10.9. The van der Waals surface area contributed by atoms with Crippen LogP contribution in [0.25, 0.3) is 10.2 Å². The Bertz CT molecular complexity index is 1240. The van der Waals surface area contributed by atoms with Gasteiger partial charge in [-0.25, -0.2) is 14.8 Å². The summed E-state index contributed by atoms with van der Waals surface area (Å²) in [6.07, 6.45) is 3.06. The Morgan fingerprint density at radius 2 is 2.00 bits per heavy atom. The van der Waals surface area contributed by atoms with Crippen LogP contribution in [0, 0.1) is 13.8 Å². The van der Waals surface area contributed by atoms with Crippen LogP contribution >= 0.6 is 23.1 Å². The van der Waals surface area contributed by atoms with E-state index < -0.39 is 11.9 Å². The number of nitrogens with zero attached hydrogens (tertiary/aromatic N) is 2. The van der Waals surface area contributed by atoms with Gasteiger partial charge in [-0.2, -0.15) is 0 Å². The third-order valence-electron chi connectivity index (χ3n) is 4.62. The minimum Gasteiger partial charge on any atom is -0.467 e. The molecule has 0 saturated carbocycles.